The molecular formula is C7H15F3N2. The van der Waals surface area contributed by atoms with Crippen LogP contribution in [0.3, 0.4) is 0 Å². The van der Waals surface area contributed by atoms with E-state index < -0.39 is 12.6 Å². The Balaban J connectivity index is 3.64. The fourth-order valence-corrected chi connectivity index (χ4v) is 0.703. The van der Waals surface area contributed by atoms with Crippen molar-refractivity contribution in [3.8, 4) is 0 Å². The van der Waals surface area contributed by atoms with Crippen LogP contribution in [0, 0.1) is 0 Å². The molecule has 0 amide bonds. The van der Waals surface area contributed by atoms with Gasteiger partial charge < -0.3 is 10.6 Å². The summed E-state index contributed by atoms with van der Waals surface area (Å²) in [6, 6.07) is 0.00681. The fraction of sp³-hybridized carbons (Fsp3) is 1.00. The molecule has 0 bridgehead atoms. The molecule has 12 heavy (non-hydrogen) atoms. The van der Waals surface area contributed by atoms with Gasteiger partial charge in [-0.3, -0.25) is 0 Å². The highest BCUT2D eigenvalue weighted by Crippen LogP contribution is 2.19. The number of hydrogen-bond acceptors (Lipinski definition) is 2. The van der Waals surface area contributed by atoms with E-state index >= 15 is 0 Å². The molecule has 0 spiro atoms. The summed E-state index contributed by atoms with van der Waals surface area (Å²) in [5, 5.41) is 0. The van der Waals surface area contributed by atoms with Gasteiger partial charge in [0, 0.05) is 19.1 Å². The van der Waals surface area contributed by atoms with E-state index in [1.54, 1.807) is 18.9 Å². The molecule has 0 fully saturated rings. The molecule has 1 unspecified atom stereocenters. The van der Waals surface area contributed by atoms with E-state index in [1.165, 1.54) is 0 Å². The zero-order valence-corrected chi connectivity index (χ0v) is 7.36. The Bertz CT molecular complexity index is 124. The molecule has 0 saturated carbocycles. The Morgan fingerprint density at radius 2 is 1.92 bits per heavy atom. The summed E-state index contributed by atoms with van der Waals surface area (Å²) in [6.07, 6.45) is -4.84. The van der Waals surface area contributed by atoms with Crippen LogP contribution in [0.1, 0.15) is 13.3 Å². The number of halogens is 3. The van der Waals surface area contributed by atoms with Crippen molar-refractivity contribution in [2.75, 3.05) is 20.1 Å². The van der Waals surface area contributed by atoms with E-state index in [0.29, 0.717) is 6.54 Å². The molecule has 0 aliphatic rings. The van der Waals surface area contributed by atoms with Gasteiger partial charge in [-0.2, -0.15) is 13.2 Å². The zero-order chi connectivity index (χ0) is 9.78. The minimum atomic E-state index is -4.07. The number of likely N-dealkylation sites (N-methyl/N-ethyl adjacent to an activating group) is 1. The minimum Gasteiger partial charge on any atom is -0.329 e. The molecule has 0 radical (unpaired) electrons. The lowest BCUT2D eigenvalue weighted by Crippen LogP contribution is -2.37. The Hall–Kier alpha value is -0.290. The predicted octanol–water partition coefficient (Wildman–Crippen LogP) is 1.22. The lowest BCUT2D eigenvalue weighted by atomic mass is 10.3. The van der Waals surface area contributed by atoms with Gasteiger partial charge in [-0.25, -0.2) is 0 Å². The van der Waals surface area contributed by atoms with Crippen LogP contribution in [0.4, 0.5) is 13.2 Å². The van der Waals surface area contributed by atoms with Crippen molar-refractivity contribution >= 4 is 0 Å². The first-order chi connectivity index (χ1) is 5.37. The molecule has 0 saturated heterocycles. The van der Waals surface area contributed by atoms with Crippen LogP contribution in [-0.2, 0) is 0 Å². The average Bonchev–Trinajstić information content (AvgIpc) is 1.97. The first-order valence-corrected chi connectivity index (χ1v) is 3.84. The largest absolute Gasteiger partial charge is 0.390 e. The normalized spacial score (nSPS) is 15.2. The molecule has 0 aliphatic carbocycles. The van der Waals surface area contributed by atoms with E-state index in [4.69, 9.17) is 5.73 Å². The van der Waals surface area contributed by atoms with Crippen molar-refractivity contribution in [3.05, 3.63) is 0 Å². The van der Waals surface area contributed by atoms with Gasteiger partial charge in [0.25, 0.3) is 0 Å². The van der Waals surface area contributed by atoms with Crippen LogP contribution in [0.15, 0.2) is 0 Å². The Morgan fingerprint density at radius 3 is 2.25 bits per heavy atom. The van der Waals surface area contributed by atoms with E-state index in [-0.39, 0.29) is 12.6 Å². The third kappa shape index (κ3) is 5.37. The average molecular weight is 184 g/mol. The van der Waals surface area contributed by atoms with Gasteiger partial charge in [-0.15, -0.1) is 0 Å². The third-order valence-corrected chi connectivity index (χ3v) is 1.84. The highest BCUT2D eigenvalue weighted by Gasteiger charge is 2.27. The predicted molar refractivity (Wildman–Crippen MR) is 41.8 cm³/mol. The van der Waals surface area contributed by atoms with Crippen molar-refractivity contribution in [1.29, 1.82) is 0 Å². The maximum absolute atomic E-state index is 11.7. The summed E-state index contributed by atoms with van der Waals surface area (Å²) >= 11 is 0. The van der Waals surface area contributed by atoms with E-state index in [9.17, 15) is 13.2 Å². The number of nitrogens with two attached hydrogens (primary N) is 1. The quantitative estimate of drug-likeness (QED) is 0.711. The summed E-state index contributed by atoms with van der Waals surface area (Å²) < 4.78 is 35.2. The molecule has 0 aromatic heterocycles. The Labute approximate surface area is 70.5 Å². The lowest BCUT2D eigenvalue weighted by Gasteiger charge is -2.23. The topological polar surface area (TPSA) is 29.3 Å². The van der Waals surface area contributed by atoms with E-state index in [2.05, 4.69) is 0 Å². The fourth-order valence-electron chi connectivity index (χ4n) is 0.703. The van der Waals surface area contributed by atoms with Crippen LogP contribution < -0.4 is 5.73 Å². The molecule has 0 aromatic carbocycles. The second kappa shape index (κ2) is 4.67. The Kier molecular flexibility index (Phi) is 4.55. The summed E-state index contributed by atoms with van der Waals surface area (Å²) in [6.45, 7) is 2.20. The number of rotatable bonds is 4. The van der Waals surface area contributed by atoms with Crippen LogP contribution in [0.25, 0.3) is 0 Å². The van der Waals surface area contributed by atoms with E-state index in [0.717, 1.165) is 0 Å². The third-order valence-electron chi connectivity index (χ3n) is 1.84. The second-order valence-corrected chi connectivity index (χ2v) is 2.93. The van der Waals surface area contributed by atoms with Crippen molar-refractivity contribution < 1.29 is 13.2 Å². The van der Waals surface area contributed by atoms with Gasteiger partial charge in [0.1, 0.15) is 0 Å². The molecular weight excluding hydrogens is 169 g/mol. The SMILES string of the molecule is CC(CN)N(C)CCC(F)(F)F. The molecule has 2 nitrogen and oxygen atoms in total. The van der Waals surface area contributed by atoms with Crippen molar-refractivity contribution in [1.82, 2.24) is 4.90 Å². The first kappa shape index (κ1) is 11.7. The smallest absolute Gasteiger partial charge is 0.329 e. The zero-order valence-electron chi connectivity index (χ0n) is 7.36. The van der Waals surface area contributed by atoms with Crippen molar-refractivity contribution in [2.24, 2.45) is 5.73 Å². The molecule has 74 valence electrons. The molecule has 0 aromatic rings. The minimum absolute atomic E-state index is 0.00681. The molecule has 2 N–H and O–H groups in total. The summed E-state index contributed by atoms with van der Waals surface area (Å²) in [5.41, 5.74) is 5.29. The monoisotopic (exact) mass is 184 g/mol. The van der Waals surface area contributed by atoms with Gasteiger partial charge >= 0.3 is 6.18 Å². The second-order valence-electron chi connectivity index (χ2n) is 2.93. The van der Waals surface area contributed by atoms with Crippen LogP contribution in [0.2, 0.25) is 0 Å². The Morgan fingerprint density at radius 1 is 1.42 bits per heavy atom. The van der Waals surface area contributed by atoms with E-state index in [1.807, 2.05) is 0 Å². The highest BCUT2D eigenvalue weighted by molar-refractivity contribution is 4.65. The lowest BCUT2D eigenvalue weighted by molar-refractivity contribution is -0.138. The van der Waals surface area contributed by atoms with Crippen molar-refractivity contribution in [3.63, 3.8) is 0 Å². The highest BCUT2D eigenvalue weighted by atomic mass is 19.4. The van der Waals surface area contributed by atoms with Gasteiger partial charge in [0.15, 0.2) is 0 Å². The van der Waals surface area contributed by atoms with Crippen molar-refractivity contribution in [2.45, 2.75) is 25.6 Å². The van der Waals surface area contributed by atoms with Crippen LogP contribution in [0.5, 0.6) is 0 Å². The summed E-state index contributed by atoms with van der Waals surface area (Å²) in [5.74, 6) is 0. The molecule has 1 atom stereocenters. The standard InChI is InChI=1S/C7H15F3N2/c1-6(5-11)12(2)4-3-7(8,9)10/h6H,3-5,11H2,1-2H3. The van der Waals surface area contributed by atoms with Gasteiger partial charge in [0.05, 0.1) is 6.42 Å². The number of nitrogens with zero attached hydrogens (tertiary/aromatic N) is 1. The van der Waals surface area contributed by atoms with Gasteiger partial charge in [0.2, 0.25) is 0 Å². The number of alkyl halides is 3. The number of hydrogen-bond donors (Lipinski definition) is 1. The molecule has 0 heterocycles. The van der Waals surface area contributed by atoms with Crippen LogP contribution >= 0.6 is 0 Å². The molecule has 0 rings (SSSR count). The van der Waals surface area contributed by atoms with Gasteiger partial charge in [-0.05, 0) is 14.0 Å². The summed E-state index contributed by atoms with van der Waals surface area (Å²) in [7, 11) is 1.64. The van der Waals surface area contributed by atoms with Gasteiger partial charge in [-0.1, -0.05) is 0 Å². The van der Waals surface area contributed by atoms with Crippen LogP contribution in [-0.4, -0.2) is 37.3 Å². The molecule has 0 aliphatic heterocycles. The first-order valence-electron chi connectivity index (χ1n) is 3.84. The summed E-state index contributed by atoms with van der Waals surface area (Å²) in [4.78, 5) is 1.60. The maximum Gasteiger partial charge on any atom is 0.390 e. The maximum atomic E-state index is 11.7. The molecule has 5 heteroatoms.